The van der Waals surface area contributed by atoms with Crippen LogP contribution in [0.3, 0.4) is 0 Å². The van der Waals surface area contributed by atoms with E-state index in [0.29, 0.717) is 6.20 Å². The maximum Gasteiger partial charge on any atom is 0.278 e. The summed E-state index contributed by atoms with van der Waals surface area (Å²) >= 11 is 5.29. The number of nitrogens with one attached hydrogen (secondary N) is 1. The summed E-state index contributed by atoms with van der Waals surface area (Å²) in [4.78, 5) is 13.1. The lowest BCUT2D eigenvalue weighted by molar-refractivity contribution is 0.149. The van der Waals surface area contributed by atoms with Crippen LogP contribution in [0.4, 0.5) is 8.78 Å². The first-order valence-electron chi connectivity index (χ1n) is 3.39. The van der Waals surface area contributed by atoms with Crippen LogP contribution in [0, 0.1) is 0 Å². The third kappa shape index (κ3) is 2.47. The van der Waals surface area contributed by atoms with Gasteiger partial charge >= 0.3 is 0 Å². The first-order valence-corrected chi connectivity index (χ1v) is 6.07. The molecule has 0 bridgehead atoms. The van der Waals surface area contributed by atoms with Crippen LogP contribution < -0.4 is 5.43 Å². The lowest BCUT2D eigenvalue weighted by Crippen LogP contribution is -2.14. The Balaban J connectivity index is 3.56. The van der Waals surface area contributed by atoms with Crippen molar-refractivity contribution in [3.63, 3.8) is 0 Å². The quantitative estimate of drug-likeness (QED) is 0.840. The first-order chi connectivity index (χ1) is 6.75. The number of aromatic amines is 1. The molecule has 0 atom stereocenters. The van der Waals surface area contributed by atoms with Crippen LogP contribution in [-0.2, 0) is 9.05 Å². The summed E-state index contributed by atoms with van der Waals surface area (Å²) in [7, 11) is 0.639. The smallest absolute Gasteiger partial charge is 0.278 e. The van der Waals surface area contributed by atoms with Gasteiger partial charge in [0.15, 0.2) is 5.03 Å². The van der Waals surface area contributed by atoms with Crippen LogP contribution in [0.2, 0.25) is 5.02 Å². The summed E-state index contributed by atoms with van der Waals surface area (Å²) in [5, 5.41) is -1.66. The molecule has 1 heterocycles. The maximum absolute atomic E-state index is 12.2. The van der Waals surface area contributed by atoms with Gasteiger partial charge in [-0.15, -0.1) is 0 Å². The van der Waals surface area contributed by atoms with E-state index in [1.807, 2.05) is 4.98 Å². The largest absolute Gasteiger partial charge is 0.349 e. The molecule has 0 aliphatic rings. The molecule has 4 nitrogen and oxygen atoms in total. The van der Waals surface area contributed by atoms with Gasteiger partial charge in [0.1, 0.15) is 5.02 Å². The van der Waals surface area contributed by atoms with E-state index in [2.05, 4.69) is 0 Å². The SMILES string of the molecule is O=c1c(C(F)F)c[nH]c(S(=O)(=O)Cl)c1Cl. The zero-order valence-electron chi connectivity index (χ0n) is 6.80. The van der Waals surface area contributed by atoms with Gasteiger partial charge in [-0.05, 0) is 0 Å². The number of pyridine rings is 1. The third-order valence-corrected chi connectivity index (χ3v) is 3.24. The minimum atomic E-state index is -4.26. The molecule has 84 valence electrons. The van der Waals surface area contributed by atoms with Gasteiger partial charge in [0.05, 0.1) is 5.56 Å². The summed E-state index contributed by atoms with van der Waals surface area (Å²) in [6.07, 6.45) is -2.48. The first kappa shape index (κ1) is 12.4. The van der Waals surface area contributed by atoms with Gasteiger partial charge in [0, 0.05) is 16.9 Å². The van der Waals surface area contributed by atoms with Gasteiger partial charge in [-0.25, -0.2) is 17.2 Å². The Morgan fingerprint density at radius 1 is 1.40 bits per heavy atom. The lowest BCUT2D eigenvalue weighted by Gasteiger charge is -2.02. The monoisotopic (exact) mass is 277 g/mol. The van der Waals surface area contributed by atoms with Gasteiger partial charge in [-0.3, -0.25) is 4.79 Å². The molecule has 0 aromatic carbocycles. The molecule has 0 saturated carbocycles. The molecule has 0 radical (unpaired) electrons. The number of alkyl halides is 2. The van der Waals surface area contributed by atoms with E-state index in [1.165, 1.54) is 0 Å². The Morgan fingerprint density at radius 2 is 1.93 bits per heavy atom. The number of H-pyrrole nitrogens is 1. The zero-order valence-corrected chi connectivity index (χ0v) is 9.13. The van der Waals surface area contributed by atoms with Crippen LogP contribution in [-0.4, -0.2) is 13.4 Å². The Labute approximate surface area is 92.2 Å². The van der Waals surface area contributed by atoms with Crippen LogP contribution in [0.5, 0.6) is 0 Å². The third-order valence-electron chi connectivity index (χ3n) is 1.50. The number of rotatable bonds is 2. The molecule has 1 aromatic heterocycles. The van der Waals surface area contributed by atoms with Crippen molar-refractivity contribution in [2.75, 3.05) is 0 Å². The molecule has 0 fully saturated rings. The van der Waals surface area contributed by atoms with E-state index in [9.17, 15) is 22.0 Å². The van der Waals surface area contributed by atoms with Crippen LogP contribution in [0.25, 0.3) is 0 Å². The molecule has 0 saturated heterocycles. The van der Waals surface area contributed by atoms with Crippen molar-refractivity contribution in [3.05, 3.63) is 27.0 Å². The highest BCUT2D eigenvalue weighted by molar-refractivity contribution is 8.13. The highest BCUT2D eigenvalue weighted by atomic mass is 35.7. The Morgan fingerprint density at radius 3 is 2.33 bits per heavy atom. The number of hydrogen-bond acceptors (Lipinski definition) is 3. The fourth-order valence-corrected chi connectivity index (χ4v) is 2.30. The molecule has 0 aliphatic heterocycles. The standard InChI is InChI=1S/C6H3Cl2F2NO3S/c7-3-4(12)2(5(9)10)1-11-6(3)15(8,13)14/h1,5H,(H,11,12). The topological polar surface area (TPSA) is 67.0 Å². The lowest BCUT2D eigenvalue weighted by atomic mass is 10.3. The normalized spacial score (nSPS) is 12.1. The van der Waals surface area contributed by atoms with Gasteiger partial charge in [-0.2, -0.15) is 0 Å². The molecule has 1 aromatic rings. The minimum Gasteiger partial charge on any atom is -0.349 e. The highest BCUT2D eigenvalue weighted by Crippen LogP contribution is 2.22. The molecule has 1 N–H and O–H groups in total. The van der Waals surface area contributed by atoms with E-state index < -0.39 is 36.5 Å². The molecule has 15 heavy (non-hydrogen) atoms. The number of hydrogen-bond donors (Lipinski definition) is 1. The average molecular weight is 278 g/mol. The molecule has 1 rings (SSSR count). The number of aromatic nitrogens is 1. The minimum absolute atomic E-state index is 0.564. The highest BCUT2D eigenvalue weighted by Gasteiger charge is 2.22. The van der Waals surface area contributed by atoms with Crippen LogP contribution in [0.1, 0.15) is 12.0 Å². The summed E-state index contributed by atoms with van der Waals surface area (Å²) < 4.78 is 46.0. The fraction of sp³-hybridized carbons (Fsp3) is 0.167. The van der Waals surface area contributed by atoms with E-state index in [1.54, 1.807) is 0 Å². The van der Waals surface area contributed by atoms with E-state index in [0.717, 1.165) is 0 Å². The molecule has 9 heteroatoms. The molecule has 0 amide bonds. The van der Waals surface area contributed by atoms with Gasteiger partial charge in [-0.1, -0.05) is 11.6 Å². The Kier molecular flexibility index (Phi) is 3.37. The second-order valence-corrected chi connectivity index (χ2v) is 5.34. The molecular formula is C6H3Cl2F2NO3S. The maximum atomic E-state index is 12.2. The predicted octanol–water partition coefficient (Wildman–Crippen LogP) is 1.89. The van der Waals surface area contributed by atoms with Crippen molar-refractivity contribution in [3.8, 4) is 0 Å². The second-order valence-electron chi connectivity index (χ2n) is 2.45. The molecular weight excluding hydrogens is 275 g/mol. The zero-order chi connectivity index (χ0) is 11.8. The number of halogens is 4. The van der Waals surface area contributed by atoms with E-state index in [-0.39, 0.29) is 0 Å². The average Bonchev–Trinajstić information content (AvgIpc) is 2.06. The van der Waals surface area contributed by atoms with Crippen molar-refractivity contribution >= 4 is 31.3 Å². The van der Waals surface area contributed by atoms with E-state index >= 15 is 0 Å². The van der Waals surface area contributed by atoms with E-state index in [4.69, 9.17) is 22.3 Å². The Hall–Kier alpha value is -0.660. The predicted molar refractivity (Wildman–Crippen MR) is 50.1 cm³/mol. The van der Waals surface area contributed by atoms with Crippen molar-refractivity contribution < 1.29 is 17.2 Å². The molecule has 0 spiro atoms. The van der Waals surface area contributed by atoms with Gasteiger partial charge in [0.2, 0.25) is 5.43 Å². The van der Waals surface area contributed by atoms with Crippen LogP contribution >= 0.6 is 22.3 Å². The van der Waals surface area contributed by atoms with Crippen molar-refractivity contribution in [1.29, 1.82) is 0 Å². The fourth-order valence-electron chi connectivity index (χ4n) is 0.842. The molecule has 0 unspecified atom stereocenters. The molecule has 0 aliphatic carbocycles. The summed E-state index contributed by atoms with van der Waals surface area (Å²) in [6, 6.07) is 0. The van der Waals surface area contributed by atoms with Gasteiger partial charge < -0.3 is 4.98 Å². The second kappa shape index (κ2) is 4.07. The Bertz CT molecular complexity index is 540. The summed E-state index contributed by atoms with van der Waals surface area (Å²) in [6.45, 7) is 0. The summed E-state index contributed by atoms with van der Waals surface area (Å²) in [5.41, 5.74) is -2.17. The summed E-state index contributed by atoms with van der Waals surface area (Å²) in [5.74, 6) is 0. The van der Waals surface area contributed by atoms with Crippen molar-refractivity contribution in [2.24, 2.45) is 0 Å². The van der Waals surface area contributed by atoms with Crippen molar-refractivity contribution in [1.82, 2.24) is 4.98 Å². The van der Waals surface area contributed by atoms with Crippen LogP contribution in [0.15, 0.2) is 16.0 Å². The van der Waals surface area contributed by atoms with Crippen molar-refractivity contribution in [2.45, 2.75) is 11.5 Å². The van der Waals surface area contributed by atoms with Gasteiger partial charge in [0.25, 0.3) is 15.5 Å².